The zero-order valence-corrected chi connectivity index (χ0v) is 10.2. The Labute approximate surface area is 97.6 Å². The lowest BCUT2D eigenvalue weighted by atomic mass is 10.0. The van der Waals surface area contributed by atoms with E-state index in [1.165, 1.54) is 32.1 Å². The smallest absolute Gasteiger partial charge is 0.226 e. The normalized spacial score (nSPS) is 36.7. The minimum atomic E-state index is 0.385. The van der Waals surface area contributed by atoms with Gasteiger partial charge in [-0.25, -0.2) is 0 Å². The summed E-state index contributed by atoms with van der Waals surface area (Å²) in [5.41, 5.74) is 0.460. The lowest BCUT2D eigenvalue weighted by Gasteiger charge is -2.34. The van der Waals surface area contributed by atoms with Crippen LogP contribution in [-0.4, -0.2) is 36.5 Å². The summed E-state index contributed by atoms with van der Waals surface area (Å²) in [4.78, 5) is 14.5. The molecular formula is C13H22N2O. The average Bonchev–Trinajstić information content (AvgIpc) is 2.76. The largest absolute Gasteiger partial charge is 0.337 e. The van der Waals surface area contributed by atoms with Crippen molar-refractivity contribution >= 4 is 5.91 Å². The number of hydrogen-bond acceptors (Lipinski definition) is 2. The highest BCUT2D eigenvalue weighted by molar-refractivity contribution is 5.83. The first-order chi connectivity index (χ1) is 7.73. The summed E-state index contributed by atoms with van der Waals surface area (Å²) in [6.07, 6.45) is 6.50. The number of carbonyl (C=O) groups excluding carboxylic acids is 1. The van der Waals surface area contributed by atoms with Crippen LogP contribution in [0.1, 0.15) is 39.0 Å². The summed E-state index contributed by atoms with van der Waals surface area (Å²) in [6.45, 7) is 5.00. The minimum Gasteiger partial charge on any atom is -0.337 e. The van der Waals surface area contributed by atoms with E-state index in [9.17, 15) is 4.79 Å². The molecule has 2 saturated carbocycles. The van der Waals surface area contributed by atoms with Crippen molar-refractivity contribution in [3.63, 3.8) is 0 Å². The molecule has 2 aliphatic carbocycles. The van der Waals surface area contributed by atoms with Crippen LogP contribution in [-0.2, 0) is 4.79 Å². The summed E-state index contributed by atoms with van der Waals surface area (Å²) in [7, 11) is 0. The van der Waals surface area contributed by atoms with E-state index in [4.69, 9.17) is 0 Å². The van der Waals surface area contributed by atoms with Crippen molar-refractivity contribution in [2.24, 2.45) is 11.3 Å². The van der Waals surface area contributed by atoms with E-state index in [-0.39, 0.29) is 0 Å². The summed E-state index contributed by atoms with van der Waals surface area (Å²) in [6, 6.07) is 0.389. The highest BCUT2D eigenvalue weighted by Gasteiger charge is 2.59. The minimum absolute atomic E-state index is 0.385. The van der Waals surface area contributed by atoms with Crippen LogP contribution in [0.25, 0.3) is 0 Å². The molecule has 1 unspecified atom stereocenters. The predicted molar refractivity (Wildman–Crippen MR) is 63.1 cm³/mol. The molecule has 3 fully saturated rings. The van der Waals surface area contributed by atoms with Crippen molar-refractivity contribution in [2.45, 2.75) is 45.1 Å². The van der Waals surface area contributed by atoms with Crippen LogP contribution in [0.2, 0.25) is 0 Å². The highest BCUT2D eigenvalue weighted by atomic mass is 16.2. The second-order valence-electron chi connectivity index (χ2n) is 5.91. The third-order valence-electron chi connectivity index (χ3n) is 4.87. The molecule has 3 aliphatic rings. The second-order valence-corrected chi connectivity index (χ2v) is 5.91. The number of nitrogens with one attached hydrogen (secondary N) is 1. The van der Waals surface area contributed by atoms with Crippen LogP contribution in [0, 0.1) is 11.3 Å². The molecule has 3 heteroatoms. The monoisotopic (exact) mass is 222 g/mol. The Morgan fingerprint density at radius 2 is 2.12 bits per heavy atom. The fourth-order valence-electron chi connectivity index (χ4n) is 3.70. The van der Waals surface area contributed by atoms with Crippen molar-refractivity contribution in [1.82, 2.24) is 10.2 Å². The molecule has 90 valence electrons. The lowest BCUT2D eigenvalue weighted by Crippen LogP contribution is -2.53. The molecule has 1 spiro atoms. The second kappa shape index (κ2) is 3.73. The quantitative estimate of drug-likeness (QED) is 0.727. The molecule has 1 aliphatic heterocycles. The number of carbonyl (C=O) groups is 1. The topological polar surface area (TPSA) is 32.3 Å². The molecule has 3 rings (SSSR count). The van der Waals surface area contributed by atoms with E-state index in [2.05, 4.69) is 17.1 Å². The van der Waals surface area contributed by atoms with Crippen LogP contribution < -0.4 is 5.32 Å². The summed E-state index contributed by atoms with van der Waals surface area (Å²) in [5.74, 6) is 0.839. The Balaban J connectivity index is 1.65. The van der Waals surface area contributed by atoms with E-state index < -0.39 is 0 Å². The number of hydrogen-bond donors (Lipinski definition) is 1. The molecule has 1 heterocycles. The maximum atomic E-state index is 12.4. The van der Waals surface area contributed by atoms with Gasteiger partial charge < -0.3 is 10.2 Å². The van der Waals surface area contributed by atoms with Gasteiger partial charge in [-0.05, 0) is 31.6 Å². The molecule has 0 radical (unpaired) electrons. The van der Waals surface area contributed by atoms with Crippen molar-refractivity contribution in [3.8, 4) is 0 Å². The average molecular weight is 222 g/mol. The van der Waals surface area contributed by atoms with Crippen molar-refractivity contribution in [3.05, 3.63) is 0 Å². The molecule has 16 heavy (non-hydrogen) atoms. The van der Waals surface area contributed by atoms with Crippen LogP contribution in [0.5, 0.6) is 0 Å². The van der Waals surface area contributed by atoms with Crippen LogP contribution in [0.15, 0.2) is 0 Å². The van der Waals surface area contributed by atoms with Gasteiger partial charge in [0.25, 0.3) is 0 Å². The van der Waals surface area contributed by atoms with Gasteiger partial charge in [0.05, 0.1) is 0 Å². The molecule has 0 aromatic carbocycles. The molecule has 2 atom stereocenters. The van der Waals surface area contributed by atoms with Crippen LogP contribution in [0.4, 0.5) is 0 Å². The van der Waals surface area contributed by atoms with Gasteiger partial charge in [-0.15, -0.1) is 0 Å². The summed E-state index contributed by atoms with van der Waals surface area (Å²) >= 11 is 0. The first-order valence-corrected chi connectivity index (χ1v) is 6.74. The Bertz CT molecular complexity index is 296. The number of nitrogens with zero attached hydrogens (tertiary/aromatic N) is 1. The van der Waals surface area contributed by atoms with Crippen LogP contribution in [0.3, 0.4) is 0 Å². The van der Waals surface area contributed by atoms with Gasteiger partial charge in [0.15, 0.2) is 0 Å². The lowest BCUT2D eigenvalue weighted by molar-refractivity contribution is -0.136. The summed E-state index contributed by atoms with van der Waals surface area (Å²) in [5, 5.41) is 3.35. The number of rotatable bonds is 1. The fourth-order valence-corrected chi connectivity index (χ4v) is 3.70. The zero-order valence-electron chi connectivity index (χ0n) is 10.2. The molecule has 0 aromatic rings. The maximum Gasteiger partial charge on any atom is 0.226 e. The third kappa shape index (κ3) is 1.56. The van der Waals surface area contributed by atoms with Gasteiger partial charge in [-0.1, -0.05) is 12.8 Å². The van der Waals surface area contributed by atoms with E-state index in [1.54, 1.807) is 0 Å². The Hall–Kier alpha value is -0.570. The first kappa shape index (κ1) is 10.6. The van der Waals surface area contributed by atoms with Gasteiger partial charge in [0.1, 0.15) is 0 Å². The van der Waals surface area contributed by atoms with E-state index in [0.717, 1.165) is 19.6 Å². The van der Waals surface area contributed by atoms with Crippen LogP contribution >= 0.6 is 0 Å². The van der Waals surface area contributed by atoms with Gasteiger partial charge in [-0.3, -0.25) is 4.79 Å². The zero-order chi connectivity index (χ0) is 11.2. The van der Waals surface area contributed by atoms with Crippen molar-refractivity contribution in [1.29, 1.82) is 0 Å². The third-order valence-corrected chi connectivity index (χ3v) is 4.87. The molecule has 0 aromatic heterocycles. The predicted octanol–water partition coefficient (Wildman–Crippen LogP) is 1.39. The fraction of sp³-hybridized carbons (Fsp3) is 0.923. The first-order valence-electron chi connectivity index (χ1n) is 6.74. The number of piperazine rings is 1. The Morgan fingerprint density at radius 1 is 1.38 bits per heavy atom. The SMILES string of the molecule is C[C@H]1CNCCN1C(=O)C1CC12CCCC2. The molecule has 3 nitrogen and oxygen atoms in total. The molecule has 1 amide bonds. The summed E-state index contributed by atoms with van der Waals surface area (Å²) < 4.78 is 0. The molecule has 0 bridgehead atoms. The standard InChI is InChI=1S/C13H22N2O/c1-10-9-14-6-7-15(10)12(16)11-8-13(11)4-2-3-5-13/h10-11,14H,2-9H2,1H3/t10-,11?/m0/s1. The molecule has 1 N–H and O–H groups in total. The van der Waals surface area contributed by atoms with E-state index in [0.29, 0.717) is 23.3 Å². The Kier molecular flexibility index (Phi) is 2.46. The van der Waals surface area contributed by atoms with Gasteiger partial charge >= 0.3 is 0 Å². The molecule has 1 saturated heterocycles. The van der Waals surface area contributed by atoms with Gasteiger partial charge in [-0.2, -0.15) is 0 Å². The van der Waals surface area contributed by atoms with Crippen molar-refractivity contribution in [2.75, 3.05) is 19.6 Å². The number of amides is 1. The molecular weight excluding hydrogens is 200 g/mol. The van der Waals surface area contributed by atoms with E-state index in [1.807, 2.05) is 0 Å². The Morgan fingerprint density at radius 3 is 2.81 bits per heavy atom. The maximum absolute atomic E-state index is 12.4. The van der Waals surface area contributed by atoms with Gasteiger partial charge in [0.2, 0.25) is 5.91 Å². The van der Waals surface area contributed by atoms with E-state index >= 15 is 0 Å². The van der Waals surface area contributed by atoms with Gasteiger partial charge in [0, 0.05) is 31.6 Å². The van der Waals surface area contributed by atoms with Crippen molar-refractivity contribution < 1.29 is 4.79 Å². The highest BCUT2D eigenvalue weighted by Crippen LogP contribution is 2.63.